The Morgan fingerprint density at radius 1 is 1.00 bits per heavy atom. The van der Waals surface area contributed by atoms with Gasteiger partial charge in [0.1, 0.15) is 0 Å². The predicted molar refractivity (Wildman–Crippen MR) is 84.3 cm³/mol. The van der Waals surface area contributed by atoms with E-state index in [4.69, 9.17) is 0 Å². The molecule has 0 radical (unpaired) electrons. The maximum atomic E-state index is 12.5. The topological polar surface area (TPSA) is 41.1 Å². The zero-order chi connectivity index (χ0) is 13.3. The van der Waals surface area contributed by atoms with Gasteiger partial charge in [0.15, 0.2) is 0 Å². The molecule has 0 spiro atoms. The van der Waals surface area contributed by atoms with Gasteiger partial charge in [0, 0.05) is 25.6 Å². The van der Waals surface area contributed by atoms with E-state index in [1.165, 1.54) is 38.5 Å². The average molecular weight is 311 g/mol. The number of carbonyl (C=O) groups excluding carboxylic acids is 1. The van der Waals surface area contributed by atoms with Gasteiger partial charge in [-0.1, -0.05) is 0 Å². The first kappa shape index (κ1) is 14.3. The van der Waals surface area contributed by atoms with Gasteiger partial charge < -0.3 is 10.6 Å². The molecule has 2 unspecified atom stereocenters. The molecule has 0 aromatic heterocycles. The van der Waals surface area contributed by atoms with Crippen LogP contribution in [0.5, 0.6) is 0 Å². The monoisotopic (exact) mass is 310 g/mol. The Morgan fingerprint density at radius 3 is 2.05 bits per heavy atom. The molecule has 21 heavy (non-hydrogen) atoms. The van der Waals surface area contributed by atoms with Crippen molar-refractivity contribution >= 4 is 18.3 Å². The van der Waals surface area contributed by atoms with Crippen molar-refractivity contribution in [3.63, 3.8) is 0 Å². The van der Waals surface area contributed by atoms with Crippen molar-refractivity contribution in [2.24, 2.45) is 35.0 Å². The Morgan fingerprint density at radius 2 is 1.52 bits per heavy atom. The Kier molecular flexibility index (Phi) is 3.31. The molecule has 2 N–H and O–H groups in total. The number of fused-ring (bicyclic) bond motifs is 1. The second-order valence-corrected chi connectivity index (χ2v) is 8.67. The number of hydrogen-bond donors (Lipinski definition) is 2. The van der Waals surface area contributed by atoms with Crippen molar-refractivity contribution in [3.05, 3.63) is 0 Å². The van der Waals surface area contributed by atoms with E-state index in [1.807, 2.05) is 0 Å². The molecular weight excluding hydrogens is 284 g/mol. The van der Waals surface area contributed by atoms with Gasteiger partial charge in [0.2, 0.25) is 5.91 Å². The van der Waals surface area contributed by atoms with Crippen LogP contribution < -0.4 is 10.6 Å². The number of carbonyl (C=O) groups is 1. The number of amides is 1. The minimum Gasteiger partial charge on any atom is -0.353 e. The summed E-state index contributed by atoms with van der Waals surface area (Å²) in [6.45, 7) is 2.24. The van der Waals surface area contributed by atoms with Crippen molar-refractivity contribution in [2.45, 2.75) is 51.0 Å². The molecule has 6 aliphatic rings. The summed E-state index contributed by atoms with van der Waals surface area (Å²) in [5, 5.41) is 6.75. The number of nitrogens with one attached hydrogen (secondary N) is 2. The minimum atomic E-state index is 0. The number of rotatable bonds is 3. The summed E-state index contributed by atoms with van der Waals surface area (Å²) in [6, 6.07) is 0.512. The molecule has 1 saturated heterocycles. The Bertz CT molecular complexity index is 407. The third-order valence-electron chi connectivity index (χ3n) is 7.12. The number of halogens is 1. The summed E-state index contributed by atoms with van der Waals surface area (Å²) < 4.78 is 0. The van der Waals surface area contributed by atoms with Crippen molar-refractivity contribution in [1.82, 2.24) is 10.6 Å². The van der Waals surface area contributed by atoms with Gasteiger partial charge in [-0.25, -0.2) is 0 Å². The summed E-state index contributed by atoms with van der Waals surface area (Å²) in [5.41, 5.74) is 0.404. The third-order valence-corrected chi connectivity index (χ3v) is 7.12. The van der Waals surface area contributed by atoms with Crippen LogP contribution in [-0.4, -0.2) is 25.0 Å². The van der Waals surface area contributed by atoms with Gasteiger partial charge in [-0.3, -0.25) is 4.79 Å². The highest BCUT2D eigenvalue weighted by Crippen LogP contribution is 2.61. The standard InChI is InChI=1S/C17H26N2O.ClH/c20-15(19-16-13-8-18-9-14(13)16)7-17-4-10-1-11(5-17)3-12(2-10)6-17;/h10-14,16,18H,1-9H2,(H,19,20);1H. The van der Waals surface area contributed by atoms with Crippen LogP contribution in [0.4, 0.5) is 0 Å². The molecule has 5 aliphatic carbocycles. The zero-order valence-corrected chi connectivity index (χ0v) is 13.5. The van der Waals surface area contributed by atoms with Gasteiger partial charge in [-0.2, -0.15) is 0 Å². The molecule has 4 bridgehead atoms. The summed E-state index contributed by atoms with van der Waals surface area (Å²) in [6.07, 6.45) is 9.31. The predicted octanol–water partition coefficient (Wildman–Crippen LogP) is 2.35. The van der Waals surface area contributed by atoms with Crippen LogP contribution in [0.25, 0.3) is 0 Å². The number of hydrogen-bond acceptors (Lipinski definition) is 2. The summed E-state index contributed by atoms with van der Waals surface area (Å²) >= 11 is 0. The van der Waals surface area contributed by atoms with Crippen LogP contribution >= 0.6 is 12.4 Å². The van der Waals surface area contributed by atoms with Crippen LogP contribution in [0, 0.1) is 35.0 Å². The van der Waals surface area contributed by atoms with E-state index < -0.39 is 0 Å². The SMILES string of the molecule is Cl.O=C(CC12CC3CC(CC(C3)C1)C2)NC1C2CNCC21. The van der Waals surface area contributed by atoms with E-state index >= 15 is 0 Å². The van der Waals surface area contributed by atoms with Gasteiger partial charge in [-0.05, 0) is 73.5 Å². The van der Waals surface area contributed by atoms with Crippen LogP contribution in [0.2, 0.25) is 0 Å². The van der Waals surface area contributed by atoms with E-state index in [-0.39, 0.29) is 12.4 Å². The molecule has 6 fully saturated rings. The molecule has 1 aliphatic heterocycles. The van der Waals surface area contributed by atoms with Crippen LogP contribution in [-0.2, 0) is 4.79 Å². The smallest absolute Gasteiger partial charge is 0.220 e. The highest BCUT2D eigenvalue weighted by molar-refractivity contribution is 5.85. The van der Waals surface area contributed by atoms with Crippen LogP contribution in [0.3, 0.4) is 0 Å². The molecular formula is C17H27ClN2O. The zero-order valence-electron chi connectivity index (χ0n) is 12.6. The van der Waals surface area contributed by atoms with Crippen molar-refractivity contribution in [3.8, 4) is 0 Å². The molecule has 0 aromatic rings. The average Bonchev–Trinajstić information content (AvgIpc) is 2.81. The lowest BCUT2D eigenvalue weighted by atomic mass is 9.49. The first-order valence-corrected chi connectivity index (χ1v) is 8.71. The highest BCUT2D eigenvalue weighted by atomic mass is 35.5. The number of piperidine rings is 1. The van der Waals surface area contributed by atoms with Crippen LogP contribution in [0.1, 0.15) is 44.9 Å². The molecule has 5 saturated carbocycles. The Hall–Kier alpha value is -0.280. The molecule has 1 amide bonds. The fourth-order valence-corrected chi connectivity index (χ4v) is 6.72. The fourth-order valence-electron chi connectivity index (χ4n) is 6.72. The normalized spacial score (nSPS) is 52.2. The summed E-state index contributed by atoms with van der Waals surface area (Å²) in [4.78, 5) is 12.5. The lowest BCUT2D eigenvalue weighted by molar-refractivity contribution is -0.129. The maximum absolute atomic E-state index is 12.5. The summed E-state index contributed by atoms with van der Waals surface area (Å²) in [7, 11) is 0. The van der Waals surface area contributed by atoms with Crippen LogP contribution in [0.15, 0.2) is 0 Å². The molecule has 118 valence electrons. The van der Waals surface area contributed by atoms with E-state index in [1.54, 1.807) is 0 Å². The lowest BCUT2D eigenvalue weighted by Crippen LogP contribution is -2.48. The largest absolute Gasteiger partial charge is 0.353 e. The fraction of sp³-hybridized carbons (Fsp3) is 0.941. The quantitative estimate of drug-likeness (QED) is 0.840. The minimum absolute atomic E-state index is 0. The third kappa shape index (κ3) is 2.31. The van der Waals surface area contributed by atoms with Gasteiger partial charge in [0.05, 0.1) is 0 Å². The van der Waals surface area contributed by atoms with Gasteiger partial charge in [0.25, 0.3) is 0 Å². The second kappa shape index (κ2) is 4.86. The first-order valence-electron chi connectivity index (χ1n) is 8.71. The van der Waals surface area contributed by atoms with E-state index in [0.29, 0.717) is 17.4 Å². The Labute approximate surface area is 133 Å². The highest BCUT2D eigenvalue weighted by Gasteiger charge is 2.55. The Balaban J connectivity index is 0.00000115. The van der Waals surface area contributed by atoms with E-state index in [0.717, 1.165) is 49.1 Å². The molecule has 1 heterocycles. The lowest BCUT2D eigenvalue weighted by Gasteiger charge is -2.56. The molecule has 2 atom stereocenters. The molecule has 6 rings (SSSR count). The van der Waals surface area contributed by atoms with E-state index in [9.17, 15) is 4.79 Å². The molecule has 0 aromatic carbocycles. The second-order valence-electron chi connectivity index (χ2n) is 8.67. The van der Waals surface area contributed by atoms with E-state index in [2.05, 4.69) is 10.6 Å². The maximum Gasteiger partial charge on any atom is 0.220 e. The van der Waals surface area contributed by atoms with Gasteiger partial charge in [-0.15, -0.1) is 12.4 Å². The summed E-state index contributed by atoms with van der Waals surface area (Å²) in [5.74, 6) is 4.73. The first-order chi connectivity index (χ1) is 9.71. The van der Waals surface area contributed by atoms with Crippen molar-refractivity contribution in [1.29, 1.82) is 0 Å². The molecule has 3 nitrogen and oxygen atoms in total. The van der Waals surface area contributed by atoms with Gasteiger partial charge >= 0.3 is 0 Å². The van der Waals surface area contributed by atoms with Crippen molar-refractivity contribution in [2.75, 3.05) is 13.1 Å². The molecule has 4 heteroatoms. The van der Waals surface area contributed by atoms with Crippen molar-refractivity contribution < 1.29 is 4.79 Å².